The molecule has 34 heavy (non-hydrogen) atoms. The predicted molar refractivity (Wildman–Crippen MR) is 139 cm³/mol. The van der Waals surface area contributed by atoms with Gasteiger partial charge in [0, 0.05) is 29.7 Å². The molecule has 4 rings (SSSR count). The van der Waals surface area contributed by atoms with Crippen molar-refractivity contribution in [2.75, 3.05) is 32.5 Å². The maximum absolute atomic E-state index is 12.9. The Balaban J connectivity index is 1.63. The Hall–Kier alpha value is -3.75. The fourth-order valence-corrected chi connectivity index (χ4v) is 4.33. The molecule has 2 aromatic carbocycles. The van der Waals surface area contributed by atoms with E-state index in [4.69, 9.17) is 0 Å². The highest BCUT2D eigenvalue weighted by Crippen LogP contribution is 2.25. The minimum absolute atomic E-state index is 0.182. The lowest BCUT2D eigenvalue weighted by atomic mass is 10.1. The molecule has 0 saturated carbocycles. The van der Waals surface area contributed by atoms with Crippen LogP contribution in [0.15, 0.2) is 53.9 Å². The molecular formula is C26H27N5O2S. The Morgan fingerprint density at radius 2 is 1.91 bits per heavy atom. The standard InChI is InChI=1S/C26H27N5O2S/c1-17-12-15-34-24(17)26(33)28-23-16-19(25(32)27-13-14-31(2)3)9-8-18(23)10-11-22-20-6-4-5-7-21(20)29-30-22/h4-12,15-16H,13-14H2,1-3H3,(H,27,32)(H,28,33)(H,29,30)/b11-10+. The van der Waals surface area contributed by atoms with Gasteiger partial charge in [0.15, 0.2) is 0 Å². The summed E-state index contributed by atoms with van der Waals surface area (Å²) in [6, 6.07) is 15.1. The zero-order valence-corrected chi connectivity index (χ0v) is 20.2. The molecule has 0 fully saturated rings. The van der Waals surface area contributed by atoms with Gasteiger partial charge in [-0.2, -0.15) is 5.10 Å². The zero-order valence-electron chi connectivity index (χ0n) is 19.4. The van der Waals surface area contributed by atoms with Gasteiger partial charge in [0.1, 0.15) is 0 Å². The summed E-state index contributed by atoms with van der Waals surface area (Å²) in [5, 5.41) is 16.2. The van der Waals surface area contributed by atoms with Gasteiger partial charge >= 0.3 is 0 Å². The molecule has 0 aliphatic rings. The third-order valence-corrected chi connectivity index (χ3v) is 6.41. The smallest absolute Gasteiger partial charge is 0.266 e. The summed E-state index contributed by atoms with van der Waals surface area (Å²) < 4.78 is 0. The third kappa shape index (κ3) is 5.41. The van der Waals surface area contributed by atoms with Gasteiger partial charge in [-0.05, 0) is 67.9 Å². The van der Waals surface area contributed by atoms with Gasteiger partial charge in [-0.1, -0.05) is 30.3 Å². The number of thiophene rings is 1. The van der Waals surface area contributed by atoms with Gasteiger partial charge in [-0.15, -0.1) is 11.3 Å². The van der Waals surface area contributed by atoms with E-state index in [0.29, 0.717) is 22.7 Å². The van der Waals surface area contributed by atoms with Crippen LogP contribution >= 0.6 is 11.3 Å². The van der Waals surface area contributed by atoms with Gasteiger partial charge < -0.3 is 15.5 Å². The molecule has 4 aromatic rings. The number of aromatic nitrogens is 2. The highest BCUT2D eigenvalue weighted by Gasteiger charge is 2.15. The van der Waals surface area contributed by atoms with E-state index in [-0.39, 0.29) is 11.8 Å². The van der Waals surface area contributed by atoms with Crippen LogP contribution in [-0.4, -0.2) is 54.1 Å². The molecule has 7 nitrogen and oxygen atoms in total. The summed E-state index contributed by atoms with van der Waals surface area (Å²) in [6.45, 7) is 3.19. The molecule has 0 saturated heterocycles. The lowest BCUT2D eigenvalue weighted by Crippen LogP contribution is -2.31. The Labute approximate surface area is 202 Å². The zero-order chi connectivity index (χ0) is 24.1. The van der Waals surface area contributed by atoms with E-state index >= 15 is 0 Å². The maximum Gasteiger partial charge on any atom is 0.266 e. The third-order valence-electron chi connectivity index (χ3n) is 5.40. The van der Waals surface area contributed by atoms with Crippen molar-refractivity contribution in [3.05, 3.63) is 81.2 Å². The van der Waals surface area contributed by atoms with E-state index in [0.717, 1.165) is 34.3 Å². The first kappa shape index (κ1) is 23.4. The number of para-hydroxylation sites is 1. The van der Waals surface area contributed by atoms with Crippen LogP contribution in [0.2, 0.25) is 0 Å². The second-order valence-electron chi connectivity index (χ2n) is 8.24. The number of carbonyl (C=O) groups is 2. The van der Waals surface area contributed by atoms with Crippen molar-refractivity contribution in [2.24, 2.45) is 0 Å². The van der Waals surface area contributed by atoms with Crippen molar-refractivity contribution >= 4 is 51.9 Å². The number of nitrogens with zero attached hydrogens (tertiary/aromatic N) is 2. The first-order chi connectivity index (χ1) is 16.4. The van der Waals surface area contributed by atoms with Crippen molar-refractivity contribution in [2.45, 2.75) is 6.92 Å². The Kier molecular flexibility index (Phi) is 7.20. The number of aryl methyl sites for hydroxylation is 1. The molecule has 3 N–H and O–H groups in total. The van der Waals surface area contributed by atoms with Crippen LogP contribution in [-0.2, 0) is 0 Å². The van der Waals surface area contributed by atoms with E-state index < -0.39 is 0 Å². The second-order valence-corrected chi connectivity index (χ2v) is 9.15. The van der Waals surface area contributed by atoms with Crippen LogP contribution in [0.25, 0.3) is 23.1 Å². The summed E-state index contributed by atoms with van der Waals surface area (Å²) in [6.07, 6.45) is 3.80. The molecule has 0 unspecified atom stereocenters. The summed E-state index contributed by atoms with van der Waals surface area (Å²) in [4.78, 5) is 28.3. The minimum Gasteiger partial charge on any atom is -0.351 e. The van der Waals surface area contributed by atoms with E-state index in [9.17, 15) is 9.59 Å². The first-order valence-electron chi connectivity index (χ1n) is 11.0. The topological polar surface area (TPSA) is 90.1 Å². The molecule has 2 aromatic heterocycles. The van der Waals surface area contributed by atoms with Crippen LogP contribution in [0, 0.1) is 6.92 Å². The number of benzene rings is 2. The predicted octanol–water partition coefficient (Wildman–Crippen LogP) is 4.65. The lowest BCUT2D eigenvalue weighted by Gasteiger charge is -2.13. The van der Waals surface area contributed by atoms with Crippen LogP contribution in [0.5, 0.6) is 0 Å². The molecular weight excluding hydrogens is 446 g/mol. The van der Waals surface area contributed by atoms with Crippen LogP contribution in [0.1, 0.15) is 36.9 Å². The van der Waals surface area contributed by atoms with Crippen molar-refractivity contribution < 1.29 is 9.59 Å². The normalized spacial score (nSPS) is 11.4. The summed E-state index contributed by atoms with van der Waals surface area (Å²) >= 11 is 1.39. The second kappa shape index (κ2) is 10.5. The molecule has 2 amide bonds. The lowest BCUT2D eigenvalue weighted by molar-refractivity contribution is 0.0949. The molecule has 0 atom stereocenters. The molecule has 0 aliphatic heterocycles. The fourth-order valence-electron chi connectivity index (χ4n) is 3.51. The number of aromatic amines is 1. The SMILES string of the molecule is Cc1ccsc1C(=O)Nc1cc(C(=O)NCCN(C)C)ccc1/C=C/c1n[nH]c2ccccc12. The Morgan fingerprint density at radius 3 is 2.68 bits per heavy atom. The van der Waals surface area contributed by atoms with E-state index in [1.807, 2.05) is 79.8 Å². The van der Waals surface area contributed by atoms with Crippen LogP contribution in [0.4, 0.5) is 5.69 Å². The number of rotatable bonds is 8. The maximum atomic E-state index is 12.9. The Morgan fingerprint density at radius 1 is 1.09 bits per heavy atom. The minimum atomic E-state index is -0.197. The highest BCUT2D eigenvalue weighted by atomic mass is 32.1. The number of carbonyl (C=O) groups excluding carboxylic acids is 2. The van der Waals surface area contributed by atoms with Crippen molar-refractivity contribution in [3.8, 4) is 0 Å². The summed E-state index contributed by atoms with van der Waals surface area (Å²) in [5.41, 5.74) is 4.49. The van der Waals surface area contributed by atoms with Crippen molar-refractivity contribution in [1.82, 2.24) is 20.4 Å². The van der Waals surface area contributed by atoms with E-state index in [1.54, 1.807) is 12.1 Å². The number of anilines is 1. The number of hydrogen-bond acceptors (Lipinski definition) is 5. The Bertz CT molecular complexity index is 1350. The van der Waals surface area contributed by atoms with Crippen molar-refractivity contribution in [1.29, 1.82) is 0 Å². The van der Waals surface area contributed by atoms with Crippen molar-refractivity contribution in [3.63, 3.8) is 0 Å². The molecule has 2 heterocycles. The van der Waals surface area contributed by atoms with Gasteiger partial charge in [0.2, 0.25) is 0 Å². The molecule has 0 aliphatic carbocycles. The molecule has 0 bridgehead atoms. The number of fused-ring (bicyclic) bond motifs is 1. The fraction of sp³-hybridized carbons (Fsp3) is 0.192. The average Bonchev–Trinajstić information content (AvgIpc) is 3.44. The number of likely N-dealkylation sites (N-methyl/N-ethyl adjacent to an activating group) is 1. The van der Waals surface area contributed by atoms with Crippen LogP contribution in [0.3, 0.4) is 0 Å². The van der Waals surface area contributed by atoms with Gasteiger partial charge in [0.05, 0.1) is 16.1 Å². The monoisotopic (exact) mass is 473 g/mol. The number of hydrogen-bond donors (Lipinski definition) is 3. The molecule has 0 spiro atoms. The van der Waals surface area contributed by atoms with E-state index in [1.165, 1.54) is 11.3 Å². The quantitative estimate of drug-likeness (QED) is 0.348. The largest absolute Gasteiger partial charge is 0.351 e. The summed E-state index contributed by atoms with van der Waals surface area (Å²) in [7, 11) is 3.91. The van der Waals surface area contributed by atoms with E-state index in [2.05, 4.69) is 20.8 Å². The summed E-state index contributed by atoms with van der Waals surface area (Å²) in [5.74, 6) is -0.379. The highest BCUT2D eigenvalue weighted by molar-refractivity contribution is 7.12. The number of amides is 2. The average molecular weight is 474 g/mol. The molecule has 174 valence electrons. The number of H-pyrrole nitrogens is 1. The molecule has 8 heteroatoms. The van der Waals surface area contributed by atoms with Gasteiger partial charge in [-0.3, -0.25) is 14.7 Å². The van der Waals surface area contributed by atoms with Gasteiger partial charge in [-0.25, -0.2) is 0 Å². The number of nitrogens with one attached hydrogen (secondary N) is 3. The first-order valence-corrected chi connectivity index (χ1v) is 11.8. The van der Waals surface area contributed by atoms with Gasteiger partial charge in [0.25, 0.3) is 11.8 Å². The van der Waals surface area contributed by atoms with Crippen LogP contribution < -0.4 is 10.6 Å². The molecule has 0 radical (unpaired) electrons.